The first-order chi connectivity index (χ1) is 16.2. The number of ether oxygens (including phenoxy) is 1. The number of urea groups is 1. The lowest BCUT2D eigenvalue weighted by Crippen LogP contribution is -2.34. The summed E-state index contributed by atoms with van der Waals surface area (Å²) in [5.41, 5.74) is 5.64. The third-order valence-electron chi connectivity index (χ3n) is 6.28. The zero-order valence-corrected chi connectivity index (χ0v) is 20.4. The van der Waals surface area contributed by atoms with Crippen LogP contribution in [0, 0.1) is 12.3 Å². The van der Waals surface area contributed by atoms with Gasteiger partial charge in [0.25, 0.3) is 0 Å². The minimum Gasteiger partial charge on any atom is -0.476 e. The van der Waals surface area contributed by atoms with E-state index in [1.165, 1.54) is 11.8 Å². The number of nitrogens with two attached hydrogens (primary N) is 1. The lowest BCUT2D eigenvalue weighted by Gasteiger charge is -2.30. The molecule has 2 aliphatic rings. The van der Waals surface area contributed by atoms with E-state index in [4.69, 9.17) is 10.6 Å². The standard InChI is InChI=1S/C24H28N6O3S/c1-15-11-17(9-10-26-15)19-8-7-16-5-4-6-18(16)21(19)28-23(31)30(25)34(32)20-12-27-29-13-24(2,3)14-33-22(20)29/h7-12,34H,4-6,13-14,25H2,1-3H3/p+1. The number of carbonyl (C=O) groups is 1. The molecule has 1 atom stereocenters. The zero-order chi connectivity index (χ0) is 24.0. The van der Waals surface area contributed by atoms with E-state index in [1.807, 2.05) is 25.1 Å². The van der Waals surface area contributed by atoms with Crippen LogP contribution in [-0.4, -0.2) is 35.7 Å². The average molecular weight is 482 g/mol. The van der Waals surface area contributed by atoms with E-state index in [-0.39, 0.29) is 5.41 Å². The zero-order valence-electron chi connectivity index (χ0n) is 19.5. The van der Waals surface area contributed by atoms with Gasteiger partial charge in [-0.05, 0) is 55.5 Å². The Morgan fingerprint density at radius 3 is 2.91 bits per heavy atom. The number of aromatic nitrogens is 3. The minimum absolute atomic E-state index is 0.0862. The van der Waals surface area contributed by atoms with Gasteiger partial charge in [-0.15, -0.1) is 0 Å². The van der Waals surface area contributed by atoms with Crippen molar-refractivity contribution in [3.63, 3.8) is 0 Å². The summed E-state index contributed by atoms with van der Waals surface area (Å²) in [6.07, 6.45) is 6.06. The van der Waals surface area contributed by atoms with Gasteiger partial charge in [-0.25, -0.2) is 14.2 Å². The molecule has 2 amide bonds. The molecule has 0 saturated carbocycles. The maximum absolute atomic E-state index is 13.3. The van der Waals surface area contributed by atoms with Crippen LogP contribution in [0.5, 0.6) is 5.88 Å². The molecule has 0 saturated heterocycles. The lowest BCUT2D eigenvalue weighted by atomic mass is 9.94. The topological polar surface area (TPSA) is 115 Å². The third-order valence-corrected chi connectivity index (χ3v) is 7.57. The number of hydrazine groups is 1. The number of nitrogens with zero attached hydrogens (tertiary/aromatic N) is 4. The Morgan fingerprint density at radius 2 is 2.12 bits per heavy atom. The Bertz CT molecular complexity index is 1390. The first kappa shape index (κ1) is 22.5. The van der Waals surface area contributed by atoms with E-state index in [1.54, 1.807) is 10.9 Å². The summed E-state index contributed by atoms with van der Waals surface area (Å²) in [4.78, 5) is 17.8. The highest BCUT2D eigenvalue weighted by atomic mass is 32.2. The number of hydrogen-bond acceptors (Lipinski definition) is 5. The molecule has 1 aliphatic heterocycles. The fraction of sp³-hybridized carbons (Fsp3) is 0.375. The van der Waals surface area contributed by atoms with Gasteiger partial charge in [-0.2, -0.15) is 15.7 Å². The van der Waals surface area contributed by atoms with Crippen LogP contribution < -0.4 is 15.9 Å². The maximum atomic E-state index is 13.3. The highest BCUT2D eigenvalue weighted by Gasteiger charge is 2.32. The second-order valence-corrected chi connectivity index (χ2v) is 11.1. The van der Waals surface area contributed by atoms with E-state index in [0.29, 0.717) is 29.6 Å². The number of benzene rings is 1. The quantitative estimate of drug-likeness (QED) is 0.174. The third kappa shape index (κ3) is 4.07. The van der Waals surface area contributed by atoms with Crippen molar-refractivity contribution in [1.29, 1.82) is 0 Å². The SMILES string of the molecule is Cc1cc(-c2ccc3c(c2NC(=O)[N+](N)=[SH](=O)c2cnn4c2OCC(C)(C)C4)CCC3)ccn1. The molecule has 9 nitrogen and oxygen atoms in total. The number of nitrogens with one attached hydrogen (secondary N) is 1. The van der Waals surface area contributed by atoms with Gasteiger partial charge in [-0.1, -0.05) is 24.0 Å². The lowest BCUT2D eigenvalue weighted by molar-refractivity contribution is -0.409. The largest absolute Gasteiger partial charge is 0.523 e. The van der Waals surface area contributed by atoms with E-state index in [2.05, 4.69) is 35.3 Å². The number of amides is 2. The Morgan fingerprint density at radius 1 is 1.29 bits per heavy atom. The summed E-state index contributed by atoms with van der Waals surface area (Å²) >= 11 is 0. The number of anilines is 1. The monoisotopic (exact) mass is 481 g/mol. The van der Waals surface area contributed by atoms with Gasteiger partial charge < -0.3 is 4.74 Å². The molecule has 0 spiro atoms. The highest BCUT2D eigenvalue weighted by molar-refractivity contribution is 7.72. The van der Waals surface area contributed by atoms with Crippen LogP contribution in [0.25, 0.3) is 11.1 Å². The van der Waals surface area contributed by atoms with Crippen LogP contribution in [0.1, 0.15) is 37.1 Å². The van der Waals surface area contributed by atoms with Crippen molar-refractivity contribution < 1.29 is 17.8 Å². The van der Waals surface area contributed by atoms with Crippen molar-refractivity contribution >= 4 is 22.3 Å². The number of rotatable bonds is 3. The molecule has 0 radical (unpaired) electrons. The normalized spacial score (nSPS) is 17.4. The Kier molecular flexibility index (Phi) is 5.65. The summed E-state index contributed by atoms with van der Waals surface area (Å²) < 4.78 is 21.5. The van der Waals surface area contributed by atoms with E-state index >= 15 is 0 Å². The second-order valence-electron chi connectivity index (χ2n) is 9.66. The molecular weight excluding hydrogens is 452 g/mol. The van der Waals surface area contributed by atoms with Crippen LogP contribution in [0.2, 0.25) is 0 Å². The maximum Gasteiger partial charge on any atom is 0.523 e. The van der Waals surface area contributed by atoms with Gasteiger partial charge in [-0.3, -0.25) is 4.98 Å². The van der Waals surface area contributed by atoms with Crippen molar-refractivity contribution in [2.24, 2.45) is 11.3 Å². The van der Waals surface area contributed by atoms with Crippen molar-refractivity contribution in [2.45, 2.75) is 51.5 Å². The molecule has 3 N–H and O–H groups in total. The number of pyridine rings is 1. The van der Waals surface area contributed by atoms with Crippen LogP contribution in [0.4, 0.5) is 10.5 Å². The number of fused-ring (bicyclic) bond motifs is 2. The van der Waals surface area contributed by atoms with Crippen LogP contribution in [0.3, 0.4) is 0 Å². The fourth-order valence-electron chi connectivity index (χ4n) is 4.60. The van der Waals surface area contributed by atoms with Crippen molar-refractivity contribution in [3.05, 3.63) is 53.5 Å². The van der Waals surface area contributed by atoms with Gasteiger partial charge in [0.05, 0.1) is 19.3 Å². The summed E-state index contributed by atoms with van der Waals surface area (Å²) in [6.45, 7) is 7.17. The summed E-state index contributed by atoms with van der Waals surface area (Å²) in [5, 5.41) is 7.25. The smallest absolute Gasteiger partial charge is 0.476 e. The Hall–Kier alpha value is -3.24. The van der Waals surface area contributed by atoms with Crippen molar-refractivity contribution in [1.82, 2.24) is 14.8 Å². The first-order valence-corrected chi connectivity index (χ1v) is 12.5. The van der Waals surface area contributed by atoms with Crippen LogP contribution in [-0.2, 0) is 30.0 Å². The average Bonchev–Trinajstić information content (AvgIpc) is 3.44. The second kappa shape index (κ2) is 8.52. The molecule has 3 heterocycles. The molecule has 1 aliphatic carbocycles. The molecule has 34 heavy (non-hydrogen) atoms. The van der Waals surface area contributed by atoms with Gasteiger partial charge in [0.1, 0.15) is 21.2 Å². The molecule has 178 valence electrons. The predicted octanol–water partition coefficient (Wildman–Crippen LogP) is 3.30. The molecule has 2 aromatic heterocycles. The minimum atomic E-state index is -2.43. The van der Waals surface area contributed by atoms with E-state index in [0.717, 1.165) is 45.7 Å². The van der Waals surface area contributed by atoms with Gasteiger partial charge in [0, 0.05) is 28.4 Å². The van der Waals surface area contributed by atoms with Crippen LogP contribution in [0.15, 0.2) is 41.6 Å². The van der Waals surface area contributed by atoms with E-state index < -0.39 is 16.6 Å². The Labute approximate surface area is 200 Å². The van der Waals surface area contributed by atoms with Gasteiger partial charge in [0.15, 0.2) is 0 Å². The molecule has 0 fully saturated rings. The molecule has 10 heteroatoms. The fourth-order valence-corrected chi connectivity index (χ4v) is 5.54. The van der Waals surface area contributed by atoms with Gasteiger partial charge in [0.2, 0.25) is 5.88 Å². The number of thiol groups is 1. The van der Waals surface area contributed by atoms with Crippen molar-refractivity contribution in [2.75, 3.05) is 11.9 Å². The summed E-state index contributed by atoms with van der Waals surface area (Å²) in [6, 6.07) is 7.37. The molecule has 0 bridgehead atoms. The molecule has 1 unspecified atom stereocenters. The number of carbonyl (C=O) groups excluding carboxylic acids is 1. The van der Waals surface area contributed by atoms with Crippen molar-refractivity contribution in [3.8, 4) is 17.0 Å². The molecule has 3 aromatic rings. The number of hydrogen-bond donors (Lipinski definition) is 3. The molecule has 1 aromatic carbocycles. The molecule has 5 rings (SSSR count). The van der Waals surface area contributed by atoms with E-state index in [9.17, 15) is 9.00 Å². The first-order valence-electron chi connectivity index (χ1n) is 11.3. The Balaban J connectivity index is 1.51. The van der Waals surface area contributed by atoms with Crippen LogP contribution >= 0.6 is 0 Å². The highest BCUT2D eigenvalue weighted by Crippen LogP contribution is 2.38. The summed E-state index contributed by atoms with van der Waals surface area (Å²) in [5.74, 6) is 6.48. The molecular formula is C24H29N6O3S+. The van der Waals surface area contributed by atoms with Gasteiger partial charge >= 0.3 is 6.03 Å². The number of aryl methyl sites for hydroxylation is 2. The predicted molar refractivity (Wildman–Crippen MR) is 129 cm³/mol. The summed E-state index contributed by atoms with van der Waals surface area (Å²) in [7, 11) is -2.43.